The van der Waals surface area contributed by atoms with Gasteiger partial charge in [-0.1, -0.05) is 214 Å². The van der Waals surface area contributed by atoms with Crippen LogP contribution in [0.2, 0.25) is 0 Å². The van der Waals surface area contributed by atoms with Crippen LogP contribution in [0.3, 0.4) is 0 Å². The first-order chi connectivity index (χ1) is 25.9. The Kier molecular flexibility index (Phi) is 40.6. The molecule has 0 saturated heterocycles. The van der Waals surface area contributed by atoms with E-state index in [1.54, 1.807) is 11.1 Å². The van der Waals surface area contributed by atoms with Crippen molar-refractivity contribution in [2.45, 2.75) is 200 Å². The van der Waals surface area contributed by atoms with Gasteiger partial charge in [-0.2, -0.15) is 23.5 Å². The van der Waals surface area contributed by atoms with Crippen LogP contribution in [0.25, 0.3) is 0 Å². The van der Waals surface area contributed by atoms with E-state index in [2.05, 4.69) is 168 Å². The number of rotatable bonds is 23. The van der Waals surface area contributed by atoms with E-state index in [1.165, 1.54) is 111 Å². The van der Waals surface area contributed by atoms with Crippen LogP contribution in [-0.2, 0) is 0 Å². The zero-order valence-corrected chi connectivity index (χ0v) is 40.8. The average molecular weight is 783 g/mol. The minimum atomic E-state index is 0.397. The smallest absolute Gasteiger partial charge is 0.0143 e. The van der Waals surface area contributed by atoms with Crippen LogP contribution >= 0.6 is 23.5 Å². The third-order valence-corrected chi connectivity index (χ3v) is 12.0. The Labute approximate surface area is 350 Å². The molecule has 54 heavy (non-hydrogen) atoms. The Morgan fingerprint density at radius 1 is 0.593 bits per heavy atom. The molecule has 0 aliphatic carbocycles. The van der Waals surface area contributed by atoms with Crippen molar-refractivity contribution in [1.29, 1.82) is 0 Å². The molecule has 314 valence electrons. The lowest BCUT2D eigenvalue weighted by Gasteiger charge is -2.31. The third-order valence-electron chi connectivity index (χ3n) is 10.2. The molecule has 0 aromatic heterocycles. The first kappa shape index (κ1) is 56.9. The normalized spacial score (nSPS) is 12.7. The molecule has 0 nitrogen and oxygen atoms in total. The Bertz CT molecular complexity index is 1090. The molecule has 0 aliphatic heterocycles. The quantitative estimate of drug-likeness (QED) is 0.103. The Morgan fingerprint density at radius 3 is 1.52 bits per heavy atom. The lowest BCUT2D eigenvalue weighted by Crippen LogP contribution is -2.17. The zero-order chi connectivity index (χ0) is 41.7. The molecule has 2 unspecified atom stereocenters. The van der Waals surface area contributed by atoms with Crippen molar-refractivity contribution in [3.63, 3.8) is 0 Å². The monoisotopic (exact) mass is 783 g/mol. The molecular formula is C52H94S2. The predicted molar refractivity (Wildman–Crippen MR) is 260 cm³/mol. The van der Waals surface area contributed by atoms with Crippen LogP contribution in [0.4, 0.5) is 0 Å². The van der Waals surface area contributed by atoms with Crippen LogP contribution < -0.4 is 0 Å². The Balaban J connectivity index is -0.000000795. The molecular weight excluding hydrogens is 689 g/mol. The van der Waals surface area contributed by atoms with Gasteiger partial charge in [-0.25, -0.2) is 0 Å². The molecule has 2 heteroatoms. The highest BCUT2D eigenvalue weighted by atomic mass is 32.2. The lowest BCUT2D eigenvalue weighted by molar-refractivity contribution is 0.278. The fourth-order valence-electron chi connectivity index (χ4n) is 6.05. The molecule has 2 atom stereocenters. The SMILES string of the molecule is CC.CC.CCC/C=C(/CC/C=C(\C)CCC(C)(C)CC)CSCC.CCCC(CC(CC(C)(C)CC)c1ccccc1)c1ccccc1.CCSCC. The second-order valence-electron chi connectivity index (χ2n) is 15.6. The van der Waals surface area contributed by atoms with Gasteiger partial charge >= 0.3 is 0 Å². The topological polar surface area (TPSA) is 0 Å². The van der Waals surface area contributed by atoms with Gasteiger partial charge in [0.25, 0.3) is 0 Å². The molecule has 0 radical (unpaired) electrons. The second kappa shape index (κ2) is 38.5. The summed E-state index contributed by atoms with van der Waals surface area (Å²) in [6, 6.07) is 22.3. The Morgan fingerprint density at radius 2 is 1.09 bits per heavy atom. The van der Waals surface area contributed by atoms with Gasteiger partial charge < -0.3 is 0 Å². The molecule has 0 amide bonds. The Hall–Kier alpha value is -1.38. The van der Waals surface area contributed by atoms with Gasteiger partial charge in [0.1, 0.15) is 0 Å². The van der Waals surface area contributed by atoms with Gasteiger partial charge in [-0.15, -0.1) is 0 Å². The summed E-state index contributed by atoms with van der Waals surface area (Å²) in [5.74, 6) is 6.27. The zero-order valence-electron chi connectivity index (χ0n) is 39.2. The third kappa shape index (κ3) is 31.8. The van der Waals surface area contributed by atoms with Gasteiger partial charge in [0, 0.05) is 5.75 Å². The van der Waals surface area contributed by atoms with Crippen molar-refractivity contribution in [1.82, 2.24) is 0 Å². The fourth-order valence-corrected chi connectivity index (χ4v) is 7.19. The summed E-state index contributed by atoms with van der Waals surface area (Å²) in [5, 5.41) is 0. The van der Waals surface area contributed by atoms with Crippen molar-refractivity contribution >= 4 is 23.5 Å². The van der Waals surface area contributed by atoms with Gasteiger partial charge in [0.15, 0.2) is 0 Å². The van der Waals surface area contributed by atoms with E-state index in [1.807, 2.05) is 39.5 Å². The largest absolute Gasteiger partial charge is 0.163 e. The number of allylic oxidation sites excluding steroid dienone is 3. The summed E-state index contributed by atoms with van der Waals surface area (Å²) in [6.45, 7) is 35.7. The lowest BCUT2D eigenvalue weighted by atomic mass is 9.73. The average Bonchev–Trinajstić information content (AvgIpc) is 3.20. The van der Waals surface area contributed by atoms with Gasteiger partial charge in [0.2, 0.25) is 0 Å². The van der Waals surface area contributed by atoms with Crippen LogP contribution in [0, 0.1) is 10.8 Å². The predicted octanol–water partition coefficient (Wildman–Crippen LogP) is 18.8. The summed E-state index contributed by atoms with van der Waals surface area (Å²) in [5.41, 5.74) is 7.15. The number of hydrogen-bond acceptors (Lipinski definition) is 2. The summed E-state index contributed by atoms with van der Waals surface area (Å²) < 4.78 is 0. The van der Waals surface area contributed by atoms with E-state index in [9.17, 15) is 0 Å². The van der Waals surface area contributed by atoms with E-state index in [-0.39, 0.29) is 0 Å². The fraction of sp³-hybridized carbons (Fsp3) is 0.692. The molecule has 0 aliphatic rings. The summed E-state index contributed by atoms with van der Waals surface area (Å²) in [7, 11) is 0. The molecule has 0 fully saturated rings. The molecule has 2 aromatic rings. The number of hydrogen-bond donors (Lipinski definition) is 0. The maximum Gasteiger partial charge on any atom is 0.0143 e. The number of unbranched alkanes of at least 4 members (excludes halogenated alkanes) is 1. The van der Waals surface area contributed by atoms with E-state index in [0.29, 0.717) is 22.7 Å². The van der Waals surface area contributed by atoms with Gasteiger partial charge in [-0.3, -0.25) is 0 Å². The summed E-state index contributed by atoms with van der Waals surface area (Å²) >= 11 is 4.02. The molecule has 2 aromatic carbocycles. The van der Waals surface area contributed by atoms with Crippen LogP contribution in [0.5, 0.6) is 0 Å². The van der Waals surface area contributed by atoms with Gasteiger partial charge in [-0.05, 0) is 109 Å². The van der Waals surface area contributed by atoms with Gasteiger partial charge in [0.05, 0.1) is 0 Å². The van der Waals surface area contributed by atoms with Crippen molar-refractivity contribution < 1.29 is 0 Å². The van der Waals surface area contributed by atoms with Crippen LogP contribution in [-0.4, -0.2) is 23.0 Å². The van der Waals surface area contributed by atoms with Crippen molar-refractivity contribution in [2.75, 3.05) is 23.0 Å². The number of thioether (sulfide) groups is 2. The van der Waals surface area contributed by atoms with E-state index in [0.717, 1.165) is 0 Å². The van der Waals surface area contributed by atoms with Crippen molar-refractivity contribution in [3.8, 4) is 0 Å². The summed E-state index contributed by atoms with van der Waals surface area (Å²) in [6.07, 6.45) is 20.1. The first-order valence-electron chi connectivity index (χ1n) is 22.5. The number of benzene rings is 2. The van der Waals surface area contributed by atoms with E-state index in [4.69, 9.17) is 0 Å². The van der Waals surface area contributed by atoms with Crippen molar-refractivity contribution in [2.24, 2.45) is 10.8 Å². The molecule has 0 heterocycles. The standard InChI is InChI=1S/C24H34.C20H38S.C4H10S.2C2H6/c1-5-13-22(20-14-9-7-10-15-20)18-23(19-24(3,4)6-2)21-16-11-8-12-17-21;1-7-10-13-19(17-21-9-3)14-11-12-18(4)15-16-20(5,6)8-2;1-3-5-4-2;2*1-2/h7-12,14-17,22-23H,5-6,13,18-19H2,1-4H3;12-13H,7-11,14-17H2,1-6H3;3-4H2,1-2H3;2*1-2H3/b;18-12+,19-13-;;;. The molecule has 2 rings (SSSR count). The molecule has 0 spiro atoms. The minimum Gasteiger partial charge on any atom is -0.163 e. The van der Waals surface area contributed by atoms with E-state index < -0.39 is 0 Å². The maximum absolute atomic E-state index is 2.48. The maximum atomic E-state index is 2.48. The van der Waals surface area contributed by atoms with E-state index >= 15 is 0 Å². The van der Waals surface area contributed by atoms with Crippen LogP contribution in [0.1, 0.15) is 211 Å². The summed E-state index contributed by atoms with van der Waals surface area (Å²) in [4.78, 5) is 0. The van der Waals surface area contributed by atoms with Crippen LogP contribution in [0.15, 0.2) is 84.0 Å². The van der Waals surface area contributed by atoms with Crippen molar-refractivity contribution in [3.05, 3.63) is 95.1 Å². The molecule has 0 N–H and O–H groups in total. The molecule has 0 bridgehead atoms. The highest BCUT2D eigenvalue weighted by Gasteiger charge is 2.26. The second-order valence-corrected chi connectivity index (χ2v) is 18.5. The first-order valence-corrected chi connectivity index (χ1v) is 24.8. The minimum absolute atomic E-state index is 0.397. The highest BCUT2D eigenvalue weighted by molar-refractivity contribution is 7.99. The molecule has 0 saturated carbocycles. The highest BCUT2D eigenvalue weighted by Crippen LogP contribution is 2.41.